The van der Waals surface area contributed by atoms with Crippen molar-refractivity contribution in [2.75, 3.05) is 5.32 Å². The molecule has 3 atom stereocenters. The molecular formula is C18H19FN4O4. The van der Waals surface area contributed by atoms with Crippen molar-refractivity contribution in [3.05, 3.63) is 29.1 Å². The van der Waals surface area contributed by atoms with E-state index in [9.17, 15) is 23.6 Å². The molecule has 0 bridgehead atoms. The zero-order chi connectivity index (χ0) is 19.3. The van der Waals surface area contributed by atoms with Crippen LogP contribution in [-0.2, 0) is 9.59 Å². The molecular weight excluding hydrogens is 355 g/mol. The van der Waals surface area contributed by atoms with Crippen molar-refractivity contribution < 1.29 is 23.6 Å². The molecule has 142 valence electrons. The first-order valence-electron chi connectivity index (χ1n) is 8.94. The van der Waals surface area contributed by atoms with E-state index in [1.807, 2.05) is 0 Å². The SMILES string of the molecule is N[C@@H]1CCC[C@@H]1Nc1c(F)ccc2c1C(=O)N(C1CCC(=O)NC1=O)C2=O. The number of halogens is 1. The second-order valence-electron chi connectivity index (χ2n) is 7.14. The van der Waals surface area contributed by atoms with Crippen LogP contribution in [0.1, 0.15) is 52.8 Å². The van der Waals surface area contributed by atoms with Gasteiger partial charge in [-0.3, -0.25) is 29.4 Å². The van der Waals surface area contributed by atoms with Crippen molar-refractivity contribution >= 4 is 29.3 Å². The van der Waals surface area contributed by atoms with E-state index in [2.05, 4.69) is 10.6 Å². The number of hydrogen-bond acceptors (Lipinski definition) is 6. The Bertz CT molecular complexity index is 871. The van der Waals surface area contributed by atoms with E-state index in [4.69, 9.17) is 5.73 Å². The molecule has 1 aromatic carbocycles. The van der Waals surface area contributed by atoms with Crippen LogP contribution >= 0.6 is 0 Å². The van der Waals surface area contributed by atoms with Gasteiger partial charge in [-0.25, -0.2) is 4.39 Å². The monoisotopic (exact) mass is 374 g/mol. The Balaban J connectivity index is 1.70. The Labute approximate surface area is 154 Å². The van der Waals surface area contributed by atoms with Gasteiger partial charge < -0.3 is 11.1 Å². The van der Waals surface area contributed by atoms with Crippen molar-refractivity contribution in [2.45, 2.75) is 50.2 Å². The number of carbonyl (C=O) groups excluding carboxylic acids is 4. The van der Waals surface area contributed by atoms with Crippen LogP contribution < -0.4 is 16.4 Å². The molecule has 0 aromatic heterocycles. The molecule has 0 spiro atoms. The number of amides is 4. The highest BCUT2D eigenvalue weighted by atomic mass is 19.1. The normalized spacial score (nSPS) is 27.8. The molecule has 1 unspecified atom stereocenters. The highest BCUT2D eigenvalue weighted by molar-refractivity contribution is 6.25. The van der Waals surface area contributed by atoms with Gasteiger partial charge in [-0.05, 0) is 37.8 Å². The Kier molecular flexibility index (Phi) is 4.18. The number of nitrogens with two attached hydrogens (primary N) is 1. The van der Waals surface area contributed by atoms with Gasteiger partial charge >= 0.3 is 0 Å². The second-order valence-corrected chi connectivity index (χ2v) is 7.14. The molecule has 2 heterocycles. The number of anilines is 1. The van der Waals surface area contributed by atoms with Crippen molar-refractivity contribution in [2.24, 2.45) is 5.73 Å². The molecule has 2 aliphatic heterocycles. The first kappa shape index (κ1) is 17.6. The highest BCUT2D eigenvalue weighted by Gasteiger charge is 2.46. The van der Waals surface area contributed by atoms with E-state index in [1.54, 1.807) is 0 Å². The molecule has 2 fully saturated rings. The third kappa shape index (κ3) is 2.78. The Hall–Kier alpha value is -2.81. The number of nitrogens with one attached hydrogen (secondary N) is 2. The minimum atomic E-state index is -1.08. The molecule has 8 nitrogen and oxygen atoms in total. The number of rotatable bonds is 3. The van der Waals surface area contributed by atoms with Crippen molar-refractivity contribution in [1.29, 1.82) is 0 Å². The third-order valence-electron chi connectivity index (χ3n) is 5.46. The lowest BCUT2D eigenvalue weighted by molar-refractivity contribution is -0.136. The predicted molar refractivity (Wildman–Crippen MR) is 92.3 cm³/mol. The summed E-state index contributed by atoms with van der Waals surface area (Å²) in [4.78, 5) is 50.0. The fourth-order valence-electron chi connectivity index (χ4n) is 4.03. The number of piperidine rings is 1. The molecule has 3 aliphatic rings. The van der Waals surface area contributed by atoms with E-state index in [0.29, 0.717) is 0 Å². The zero-order valence-corrected chi connectivity index (χ0v) is 14.5. The summed E-state index contributed by atoms with van der Waals surface area (Å²) in [5.41, 5.74) is 5.94. The van der Waals surface area contributed by atoms with Crippen molar-refractivity contribution in [3.63, 3.8) is 0 Å². The summed E-state index contributed by atoms with van der Waals surface area (Å²) in [5, 5.41) is 5.13. The largest absolute Gasteiger partial charge is 0.378 e. The number of hydrogen-bond donors (Lipinski definition) is 3. The maximum atomic E-state index is 14.5. The van der Waals surface area contributed by atoms with E-state index >= 15 is 0 Å². The van der Waals surface area contributed by atoms with E-state index in [0.717, 1.165) is 30.2 Å². The first-order chi connectivity index (χ1) is 12.9. The molecule has 4 amide bonds. The van der Waals surface area contributed by atoms with Gasteiger partial charge in [0.25, 0.3) is 11.8 Å². The zero-order valence-electron chi connectivity index (χ0n) is 14.5. The lowest BCUT2D eigenvalue weighted by atomic mass is 10.0. The van der Waals surface area contributed by atoms with E-state index < -0.39 is 35.5 Å². The quantitative estimate of drug-likeness (QED) is 0.663. The van der Waals surface area contributed by atoms with Crippen LogP contribution in [0, 0.1) is 5.82 Å². The van der Waals surface area contributed by atoms with Crippen LogP contribution in [0.4, 0.5) is 10.1 Å². The van der Waals surface area contributed by atoms with Crippen LogP contribution in [0.25, 0.3) is 0 Å². The Morgan fingerprint density at radius 2 is 1.89 bits per heavy atom. The third-order valence-corrected chi connectivity index (χ3v) is 5.46. The molecule has 9 heteroatoms. The minimum absolute atomic E-state index is 0.0280. The number of nitrogens with zero attached hydrogens (tertiary/aromatic N) is 1. The number of carbonyl (C=O) groups is 4. The van der Waals surface area contributed by atoms with Gasteiger partial charge in [0.2, 0.25) is 11.8 Å². The summed E-state index contributed by atoms with van der Waals surface area (Å²) in [5.74, 6) is -3.20. The van der Waals surface area contributed by atoms with Crippen LogP contribution in [0.5, 0.6) is 0 Å². The summed E-state index contributed by atoms with van der Waals surface area (Å²) >= 11 is 0. The van der Waals surface area contributed by atoms with Crippen LogP contribution in [0.2, 0.25) is 0 Å². The maximum Gasteiger partial charge on any atom is 0.264 e. The summed E-state index contributed by atoms with van der Waals surface area (Å²) in [7, 11) is 0. The van der Waals surface area contributed by atoms with Crippen LogP contribution in [-0.4, -0.2) is 46.7 Å². The number of benzene rings is 1. The summed E-state index contributed by atoms with van der Waals surface area (Å²) < 4.78 is 14.5. The average molecular weight is 374 g/mol. The molecule has 1 saturated carbocycles. The molecule has 1 aliphatic carbocycles. The fraction of sp³-hybridized carbons (Fsp3) is 0.444. The van der Waals surface area contributed by atoms with E-state index in [-0.39, 0.29) is 41.7 Å². The topological polar surface area (TPSA) is 122 Å². The summed E-state index contributed by atoms with van der Waals surface area (Å²) in [6.45, 7) is 0. The fourth-order valence-corrected chi connectivity index (χ4v) is 4.03. The highest BCUT2D eigenvalue weighted by Crippen LogP contribution is 2.35. The lowest BCUT2D eigenvalue weighted by Gasteiger charge is -2.28. The maximum absolute atomic E-state index is 14.5. The Morgan fingerprint density at radius 3 is 2.56 bits per heavy atom. The molecule has 4 rings (SSSR count). The van der Waals surface area contributed by atoms with Crippen LogP contribution in [0.15, 0.2) is 12.1 Å². The average Bonchev–Trinajstić information content (AvgIpc) is 3.13. The van der Waals surface area contributed by atoms with Gasteiger partial charge in [0.05, 0.1) is 16.8 Å². The van der Waals surface area contributed by atoms with Crippen molar-refractivity contribution in [3.8, 4) is 0 Å². The van der Waals surface area contributed by atoms with Crippen molar-refractivity contribution in [1.82, 2.24) is 10.2 Å². The minimum Gasteiger partial charge on any atom is -0.378 e. The van der Waals surface area contributed by atoms with Gasteiger partial charge in [0.15, 0.2) is 0 Å². The number of imide groups is 2. The van der Waals surface area contributed by atoms with E-state index in [1.165, 1.54) is 6.07 Å². The summed E-state index contributed by atoms with van der Waals surface area (Å²) in [6, 6.07) is 0.925. The standard InChI is InChI=1S/C18H19FN4O4/c19-9-5-4-8-14(15(9)21-11-3-1-2-10(11)20)18(27)23(17(8)26)12-6-7-13(24)22-16(12)25/h4-5,10-12,21H,1-3,6-7,20H2,(H,22,24,25)/t10-,11+,12?/m1/s1. The molecule has 1 saturated heterocycles. The smallest absolute Gasteiger partial charge is 0.264 e. The van der Waals surface area contributed by atoms with Gasteiger partial charge in [-0.1, -0.05) is 0 Å². The lowest BCUT2D eigenvalue weighted by Crippen LogP contribution is -2.54. The molecule has 27 heavy (non-hydrogen) atoms. The van der Waals surface area contributed by atoms with Gasteiger partial charge in [-0.15, -0.1) is 0 Å². The number of fused-ring (bicyclic) bond motifs is 1. The second kappa shape index (κ2) is 6.41. The molecule has 4 N–H and O–H groups in total. The van der Waals surface area contributed by atoms with Gasteiger partial charge in [0, 0.05) is 18.5 Å². The van der Waals surface area contributed by atoms with Gasteiger partial charge in [0.1, 0.15) is 11.9 Å². The first-order valence-corrected chi connectivity index (χ1v) is 8.94. The summed E-state index contributed by atoms with van der Waals surface area (Å²) in [6.07, 6.45) is 2.51. The van der Waals surface area contributed by atoms with Crippen LogP contribution in [0.3, 0.4) is 0 Å². The molecule has 0 radical (unpaired) electrons. The van der Waals surface area contributed by atoms with Gasteiger partial charge in [-0.2, -0.15) is 0 Å². The predicted octanol–water partition coefficient (Wildman–Crippen LogP) is 0.519. The molecule has 1 aromatic rings. The Morgan fingerprint density at radius 1 is 1.11 bits per heavy atom.